The Morgan fingerprint density at radius 3 is 2.81 bits per heavy atom. The lowest BCUT2D eigenvalue weighted by molar-refractivity contribution is 0.972. The molecule has 84 valence electrons. The van der Waals surface area contributed by atoms with Crippen LogP contribution in [-0.4, -0.2) is 16.7 Å². The van der Waals surface area contributed by atoms with Crippen LogP contribution in [0.2, 0.25) is 10.0 Å². The van der Waals surface area contributed by atoms with Crippen LogP contribution < -0.4 is 5.73 Å². The van der Waals surface area contributed by atoms with E-state index in [2.05, 4.69) is 10.2 Å². The van der Waals surface area contributed by atoms with Crippen LogP contribution in [0.4, 0.5) is 0 Å². The van der Waals surface area contributed by atoms with Gasteiger partial charge >= 0.3 is 0 Å². The van der Waals surface area contributed by atoms with Crippen LogP contribution in [0.3, 0.4) is 0 Å². The quantitative estimate of drug-likeness (QED) is 0.887. The molecule has 16 heavy (non-hydrogen) atoms. The first kappa shape index (κ1) is 11.5. The minimum absolute atomic E-state index is 0.581. The Morgan fingerprint density at radius 1 is 1.31 bits per heavy atom. The fraction of sp³-hybridized carbons (Fsp3) is 0.182. The Bertz CT molecular complexity index is 494. The van der Waals surface area contributed by atoms with Crippen molar-refractivity contribution >= 4 is 23.2 Å². The van der Waals surface area contributed by atoms with Gasteiger partial charge in [0, 0.05) is 10.6 Å². The monoisotopic (exact) mass is 255 g/mol. The van der Waals surface area contributed by atoms with Crippen molar-refractivity contribution in [3.8, 4) is 11.3 Å². The summed E-state index contributed by atoms with van der Waals surface area (Å²) in [5, 5.41) is 8.17. The number of halogens is 2. The lowest BCUT2D eigenvalue weighted by Gasteiger charge is -2.05. The molecule has 3 N–H and O–H groups in total. The highest BCUT2D eigenvalue weighted by Crippen LogP contribution is 2.30. The fourth-order valence-corrected chi connectivity index (χ4v) is 2.08. The Kier molecular flexibility index (Phi) is 3.49. The van der Waals surface area contributed by atoms with Crippen LogP contribution in [0, 0.1) is 0 Å². The second-order valence-electron chi connectivity index (χ2n) is 3.43. The SMILES string of the molecule is NCCc1cn[nH]c1-c1ccc(Cl)cc1Cl. The van der Waals surface area contributed by atoms with E-state index in [-0.39, 0.29) is 0 Å². The lowest BCUT2D eigenvalue weighted by atomic mass is 10.1. The number of hydrogen-bond donors (Lipinski definition) is 2. The lowest BCUT2D eigenvalue weighted by Crippen LogP contribution is -2.02. The molecule has 0 aliphatic rings. The molecule has 0 saturated carbocycles. The van der Waals surface area contributed by atoms with Gasteiger partial charge in [0.2, 0.25) is 0 Å². The number of benzene rings is 1. The highest BCUT2D eigenvalue weighted by molar-refractivity contribution is 6.36. The van der Waals surface area contributed by atoms with Crippen molar-refractivity contribution in [2.24, 2.45) is 5.73 Å². The van der Waals surface area contributed by atoms with Crippen LogP contribution in [0.5, 0.6) is 0 Å². The average molecular weight is 256 g/mol. The summed E-state index contributed by atoms with van der Waals surface area (Å²) in [4.78, 5) is 0. The van der Waals surface area contributed by atoms with E-state index >= 15 is 0 Å². The summed E-state index contributed by atoms with van der Waals surface area (Å²) in [7, 11) is 0. The molecule has 1 aromatic carbocycles. The smallest absolute Gasteiger partial charge is 0.0697 e. The van der Waals surface area contributed by atoms with E-state index in [1.165, 1.54) is 0 Å². The van der Waals surface area contributed by atoms with Gasteiger partial charge in [-0.1, -0.05) is 23.2 Å². The predicted molar refractivity (Wildman–Crippen MR) is 66.8 cm³/mol. The van der Waals surface area contributed by atoms with Gasteiger partial charge in [0.15, 0.2) is 0 Å². The summed E-state index contributed by atoms with van der Waals surface area (Å²) < 4.78 is 0. The largest absolute Gasteiger partial charge is 0.330 e. The van der Waals surface area contributed by atoms with Gasteiger partial charge in [-0.05, 0) is 36.7 Å². The molecular weight excluding hydrogens is 245 g/mol. The van der Waals surface area contributed by atoms with Gasteiger partial charge in [0.1, 0.15) is 0 Å². The number of rotatable bonds is 3. The Labute approximate surface area is 104 Å². The summed E-state index contributed by atoms with van der Waals surface area (Å²) in [5.74, 6) is 0. The number of nitrogens with two attached hydrogens (primary N) is 1. The molecule has 2 rings (SSSR count). The highest BCUT2D eigenvalue weighted by Gasteiger charge is 2.10. The second-order valence-corrected chi connectivity index (χ2v) is 4.28. The molecule has 0 fully saturated rings. The van der Waals surface area contributed by atoms with E-state index in [1.807, 2.05) is 6.07 Å². The van der Waals surface area contributed by atoms with Crippen LogP contribution in [-0.2, 0) is 6.42 Å². The molecule has 1 heterocycles. The third-order valence-electron chi connectivity index (χ3n) is 2.33. The first-order valence-corrected chi connectivity index (χ1v) is 5.65. The first-order valence-electron chi connectivity index (χ1n) is 4.90. The Balaban J connectivity index is 2.46. The van der Waals surface area contributed by atoms with Gasteiger partial charge in [-0.2, -0.15) is 5.10 Å². The number of nitrogens with zero attached hydrogens (tertiary/aromatic N) is 1. The fourth-order valence-electron chi connectivity index (χ4n) is 1.58. The molecule has 0 unspecified atom stereocenters. The second kappa shape index (κ2) is 4.87. The molecule has 2 aromatic rings. The molecule has 0 bridgehead atoms. The maximum Gasteiger partial charge on any atom is 0.0697 e. The number of aromatic amines is 1. The van der Waals surface area contributed by atoms with E-state index in [9.17, 15) is 0 Å². The standard InChI is InChI=1S/C11H11Cl2N3/c12-8-1-2-9(10(13)5-8)11-7(3-4-14)6-15-16-11/h1-2,5-6H,3-4,14H2,(H,15,16). The van der Waals surface area contributed by atoms with Crippen molar-refractivity contribution in [1.29, 1.82) is 0 Å². The molecule has 0 atom stereocenters. The van der Waals surface area contributed by atoms with Crippen LogP contribution in [0.15, 0.2) is 24.4 Å². The van der Waals surface area contributed by atoms with Crippen LogP contribution >= 0.6 is 23.2 Å². The molecule has 0 saturated heterocycles. The highest BCUT2D eigenvalue weighted by atomic mass is 35.5. The van der Waals surface area contributed by atoms with Crippen molar-refractivity contribution < 1.29 is 0 Å². The molecule has 0 amide bonds. The topological polar surface area (TPSA) is 54.7 Å². The molecule has 0 aliphatic heterocycles. The third-order valence-corrected chi connectivity index (χ3v) is 2.88. The van der Waals surface area contributed by atoms with Crippen LogP contribution in [0.25, 0.3) is 11.3 Å². The zero-order valence-corrected chi connectivity index (χ0v) is 10.0. The molecule has 0 aliphatic carbocycles. The maximum atomic E-state index is 6.13. The van der Waals surface area contributed by atoms with Gasteiger partial charge < -0.3 is 5.73 Å². The molecule has 0 spiro atoms. The summed E-state index contributed by atoms with van der Waals surface area (Å²) in [5.41, 5.74) is 8.40. The number of H-pyrrole nitrogens is 1. The minimum Gasteiger partial charge on any atom is -0.330 e. The van der Waals surface area contributed by atoms with E-state index in [0.29, 0.717) is 16.6 Å². The normalized spacial score (nSPS) is 10.7. The Hall–Kier alpha value is -1.03. The van der Waals surface area contributed by atoms with Gasteiger partial charge in [-0.25, -0.2) is 0 Å². The van der Waals surface area contributed by atoms with E-state index in [0.717, 1.165) is 23.2 Å². The minimum atomic E-state index is 0.581. The van der Waals surface area contributed by atoms with Gasteiger partial charge in [0.25, 0.3) is 0 Å². The summed E-state index contributed by atoms with van der Waals surface area (Å²) in [6.07, 6.45) is 2.54. The van der Waals surface area contributed by atoms with Crippen molar-refractivity contribution in [3.05, 3.63) is 40.0 Å². The number of nitrogens with one attached hydrogen (secondary N) is 1. The molecule has 3 nitrogen and oxygen atoms in total. The number of hydrogen-bond acceptors (Lipinski definition) is 2. The van der Waals surface area contributed by atoms with Gasteiger partial charge in [-0.3, -0.25) is 5.10 Å². The zero-order valence-electron chi connectivity index (χ0n) is 8.50. The van der Waals surface area contributed by atoms with Crippen molar-refractivity contribution in [2.45, 2.75) is 6.42 Å². The van der Waals surface area contributed by atoms with Crippen molar-refractivity contribution in [1.82, 2.24) is 10.2 Å². The third kappa shape index (κ3) is 2.21. The summed E-state index contributed by atoms with van der Waals surface area (Å²) >= 11 is 12.0. The molecule has 0 radical (unpaired) electrons. The van der Waals surface area contributed by atoms with E-state index in [1.54, 1.807) is 18.3 Å². The zero-order chi connectivity index (χ0) is 11.5. The maximum absolute atomic E-state index is 6.13. The molecule has 5 heteroatoms. The predicted octanol–water partition coefficient (Wildman–Crippen LogP) is 2.88. The van der Waals surface area contributed by atoms with Gasteiger partial charge in [0.05, 0.1) is 16.9 Å². The Morgan fingerprint density at radius 2 is 2.12 bits per heavy atom. The first-order chi connectivity index (χ1) is 7.72. The summed E-state index contributed by atoms with van der Waals surface area (Å²) in [6.45, 7) is 0.581. The van der Waals surface area contributed by atoms with Crippen LogP contribution in [0.1, 0.15) is 5.56 Å². The van der Waals surface area contributed by atoms with Crippen molar-refractivity contribution in [3.63, 3.8) is 0 Å². The van der Waals surface area contributed by atoms with Gasteiger partial charge in [-0.15, -0.1) is 0 Å². The average Bonchev–Trinajstić information content (AvgIpc) is 2.67. The molecular formula is C11H11Cl2N3. The van der Waals surface area contributed by atoms with E-state index < -0.39 is 0 Å². The number of aromatic nitrogens is 2. The molecule has 1 aromatic heterocycles. The summed E-state index contributed by atoms with van der Waals surface area (Å²) in [6, 6.07) is 5.39. The van der Waals surface area contributed by atoms with E-state index in [4.69, 9.17) is 28.9 Å². The van der Waals surface area contributed by atoms with Crippen molar-refractivity contribution in [2.75, 3.05) is 6.54 Å².